The summed E-state index contributed by atoms with van der Waals surface area (Å²) in [6.07, 6.45) is 4.84. The van der Waals surface area contributed by atoms with Crippen molar-refractivity contribution in [2.45, 2.75) is 65.0 Å². The Balaban J connectivity index is 1.83. The van der Waals surface area contributed by atoms with Crippen molar-refractivity contribution in [1.82, 2.24) is 10.2 Å². The molecule has 26 heavy (non-hydrogen) atoms. The summed E-state index contributed by atoms with van der Waals surface area (Å²) in [6, 6.07) is 6.17. The number of amides is 3. The first kappa shape index (κ1) is 18.6. The Morgan fingerprint density at radius 1 is 1.12 bits per heavy atom. The highest BCUT2D eigenvalue weighted by Gasteiger charge is 2.43. The maximum atomic E-state index is 13.1. The van der Waals surface area contributed by atoms with Crippen LogP contribution in [0.4, 0.5) is 0 Å². The van der Waals surface area contributed by atoms with Crippen molar-refractivity contribution in [3.05, 3.63) is 35.4 Å². The molecule has 3 atom stereocenters. The number of nitrogens with one attached hydrogen (secondary N) is 1. The molecule has 0 radical (unpaired) electrons. The fourth-order valence-electron chi connectivity index (χ4n) is 4.08. The molecule has 5 heteroatoms. The highest BCUT2D eigenvalue weighted by Crippen LogP contribution is 2.28. The highest BCUT2D eigenvalue weighted by molar-refractivity contribution is 6.22. The number of benzene rings is 1. The summed E-state index contributed by atoms with van der Waals surface area (Å²) < 4.78 is 0. The molecule has 1 aliphatic carbocycles. The molecule has 2 aliphatic rings. The van der Waals surface area contributed by atoms with Gasteiger partial charge in [0, 0.05) is 6.04 Å². The Kier molecular flexibility index (Phi) is 5.44. The second kappa shape index (κ2) is 7.60. The van der Waals surface area contributed by atoms with Gasteiger partial charge in [-0.2, -0.15) is 0 Å². The zero-order valence-corrected chi connectivity index (χ0v) is 15.8. The highest BCUT2D eigenvalue weighted by atomic mass is 16.2. The van der Waals surface area contributed by atoms with E-state index in [1.807, 2.05) is 13.8 Å². The fraction of sp³-hybridized carbons (Fsp3) is 0.571. The van der Waals surface area contributed by atoms with Gasteiger partial charge < -0.3 is 5.32 Å². The average Bonchev–Trinajstić information content (AvgIpc) is 2.86. The standard InChI is InChI=1S/C21H28N2O3/c1-13(2)12-18(19(24)22-17-11-7-4-8-14(17)3)23-20(25)15-9-5-6-10-16(15)21(23)26/h5-6,9-10,13-14,17-18H,4,7-8,11-12H2,1-3H3,(H,22,24)/t14-,17+,18+/m0/s1. The topological polar surface area (TPSA) is 66.5 Å². The largest absolute Gasteiger partial charge is 0.351 e. The molecular formula is C21H28N2O3. The first-order chi connectivity index (χ1) is 12.4. The zero-order valence-electron chi connectivity index (χ0n) is 15.8. The quantitative estimate of drug-likeness (QED) is 0.823. The van der Waals surface area contributed by atoms with Gasteiger partial charge in [-0.15, -0.1) is 0 Å². The van der Waals surface area contributed by atoms with Crippen molar-refractivity contribution < 1.29 is 14.4 Å². The van der Waals surface area contributed by atoms with Crippen LogP contribution in [0.25, 0.3) is 0 Å². The van der Waals surface area contributed by atoms with Crippen LogP contribution < -0.4 is 5.32 Å². The minimum absolute atomic E-state index is 0.126. The number of nitrogens with zero attached hydrogens (tertiary/aromatic N) is 1. The van der Waals surface area contributed by atoms with Crippen molar-refractivity contribution in [3.8, 4) is 0 Å². The number of imide groups is 1. The molecule has 0 spiro atoms. The Morgan fingerprint density at radius 2 is 1.69 bits per heavy atom. The summed E-state index contributed by atoms with van der Waals surface area (Å²) in [5.74, 6) is -0.299. The van der Waals surface area contributed by atoms with E-state index in [4.69, 9.17) is 0 Å². The van der Waals surface area contributed by atoms with Gasteiger partial charge in [-0.1, -0.05) is 45.7 Å². The number of carbonyl (C=O) groups is 3. The van der Waals surface area contributed by atoms with Crippen LogP contribution in [0.5, 0.6) is 0 Å². The van der Waals surface area contributed by atoms with Gasteiger partial charge in [0.05, 0.1) is 11.1 Å². The van der Waals surface area contributed by atoms with E-state index in [9.17, 15) is 14.4 Å². The molecule has 3 amide bonds. The molecule has 1 N–H and O–H groups in total. The second-order valence-corrected chi connectivity index (χ2v) is 8.05. The monoisotopic (exact) mass is 356 g/mol. The molecule has 3 rings (SSSR count). The van der Waals surface area contributed by atoms with Crippen molar-refractivity contribution in [2.75, 3.05) is 0 Å². The lowest BCUT2D eigenvalue weighted by atomic mass is 9.85. The number of carbonyl (C=O) groups excluding carboxylic acids is 3. The predicted molar refractivity (Wildman–Crippen MR) is 99.7 cm³/mol. The molecule has 1 aliphatic heterocycles. The van der Waals surface area contributed by atoms with Gasteiger partial charge in [0.15, 0.2) is 0 Å². The Hall–Kier alpha value is -2.17. The van der Waals surface area contributed by atoms with Gasteiger partial charge >= 0.3 is 0 Å². The third kappa shape index (κ3) is 3.53. The minimum Gasteiger partial charge on any atom is -0.351 e. The molecule has 0 unspecified atom stereocenters. The maximum absolute atomic E-state index is 13.1. The van der Waals surface area contributed by atoms with Gasteiger partial charge in [0.2, 0.25) is 5.91 Å². The normalized spacial score (nSPS) is 23.9. The van der Waals surface area contributed by atoms with E-state index in [2.05, 4.69) is 12.2 Å². The van der Waals surface area contributed by atoms with Crippen molar-refractivity contribution in [2.24, 2.45) is 11.8 Å². The van der Waals surface area contributed by atoms with E-state index in [0.29, 0.717) is 23.5 Å². The smallest absolute Gasteiger partial charge is 0.262 e. The fourth-order valence-corrected chi connectivity index (χ4v) is 4.08. The molecule has 1 fully saturated rings. The van der Waals surface area contributed by atoms with E-state index in [0.717, 1.165) is 19.3 Å². The van der Waals surface area contributed by atoms with Gasteiger partial charge in [-0.3, -0.25) is 19.3 Å². The summed E-state index contributed by atoms with van der Waals surface area (Å²) in [5, 5.41) is 3.13. The van der Waals surface area contributed by atoms with Crippen LogP contribution in [0.1, 0.15) is 73.6 Å². The molecule has 0 aromatic heterocycles. The molecule has 1 aromatic carbocycles. The molecular weight excluding hydrogens is 328 g/mol. The molecule has 1 saturated carbocycles. The van der Waals surface area contributed by atoms with Crippen LogP contribution in [-0.2, 0) is 4.79 Å². The van der Waals surface area contributed by atoms with Gasteiger partial charge in [-0.25, -0.2) is 0 Å². The molecule has 0 bridgehead atoms. The molecule has 1 heterocycles. The van der Waals surface area contributed by atoms with E-state index >= 15 is 0 Å². The van der Waals surface area contributed by atoms with Gasteiger partial charge in [-0.05, 0) is 43.2 Å². The lowest BCUT2D eigenvalue weighted by Crippen LogP contribution is -2.53. The SMILES string of the molecule is CC(C)C[C@H](C(=O)N[C@@H]1CCCC[C@@H]1C)N1C(=O)c2ccccc2C1=O. The van der Waals surface area contributed by atoms with Crippen molar-refractivity contribution >= 4 is 17.7 Å². The third-order valence-corrected chi connectivity index (χ3v) is 5.57. The Labute approximate surface area is 155 Å². The molecule has 0 saturated heterocycles. The summed E-state index contributed by atoms with van der Waals surface area (Å²) >= 11 is 0. The van der Waals surface area contributed by atoms with E-state index < -0.39 is 6.04 Å². The lowest BCUT2D eigenvalue weighted by Gasteiger charge is -2.33. The first-order valence-electron chi connectivity index (χ1n) is 9.67. The van der Waals surface area contributed by atoms with Crippen LogP contribution in [-0.4, -0.2) is 34.7 Å². The predicted octanol–water partition coefficient (Wildman–Crippen LogP) is 3.39. The Bertz CT molecular complexity index is 678. The molecule has 1 aromatic rings. The number of hydrogen-bond acceptors (Lipinski definition) is 3. The van der Waals surface area contributed by atoms with Crippen LogP contribution in [0, 0.1) is 11.8 Å². The summed E-state index contributed by atoms with van der Waals surface area (Å²) in [6.45, 7) is 6.16. The Morgan fingerprint density at radius 3 is 2.23 bits per heavy atom. The van der Waals surface area contributed by atoms with E-state index in [1.54, 1.807) is 24.3 Å². The minimum atomic E-state index is -0.753. The van der Waals surface area contributed by atoms with E-state index in [1.165, 1.54) is 11.3 Å². The van der Waals surface area contributed by atoms with Crippen LogP contribution in [0.3, 0.4) is 0 Å². The number of hydrogen-bond donors (Lipinski definition) is 1. The number of fused-ring (bicyclic) bond motifs is 1. The molecule has 5 nitrogen and oxygen atoms in total. The first-order valence-corrected chi connectivity index (χ1v) is 9.67. The van der Waals surface area contributed by atoms with Crippen molar-refractivity contribution in [3.63, 3.8) is 0 Å². The van der Waals surface area contributed by atoms with Crippen LogP contribution in [0.2, 0.25) is 0 Å². The molecule has 140 valence electrons. The average molecular weight is 356 g/mol. The summed E-state index contributed by atoms with van der Waals surface area (Å²) in [7, 11) is 0. The second-order valence-electron chi connectivity index (χ2n) is 8.05. The third-order valence-electron chi connectivity index (χ3n) is 5.57. The van der Waals surface area contributed by atoms with Crippen LogP contribution >= 0.6 is 0 Å². The lowest BCUT2D eigenvalue weighted by molar-refractivity contribution is -0.126. The maximum Gasteiger partial charge on any atom is 0.262 e. The van der Waals surface area contributed by atoms with Gasteiger partial charge in [0.1, 0.15) is 6.04 Å². The van der Waals surface area contributed by atoms with Crippen LogP contribution in [0.15, 0.2) is 24.3 Å². The van der Waals surface area contributed by atoms with Crippen molar-refractivity contribution in [1.29, 1.82) is 0 Å². The summed E-state index contributed by atoms with van der Waals surface area (Å²) in [5.41, 5.74) is 0.787. The zero-order chi connectivity index (χ0) is 18.8. The van der Waals surface area contributed by atoms with E-state index in [-0.39, 0.29) is 29.7 Å². The van der Waals surface area contributed by atoms with Gasteiger partial charge in [0.25, 0.3) is 11.8 Å². The number of rotatable bonds is 5. The summed E-state index contributed by atoms with van der Waals surface area (Å²) in [4.78, 5) is 39.9.